The van der Waals surface area contributed by atoms with Gasteiger partial charge in [-0.2, -0.15) is 0 Å². The van der Waals surface area contributed by atoms with Crippen molar-refractivity contribution in [3.8, 4) is 0 Å². The Hall–Kier alpha value is -1.44. The van der Waals surface area contributed by atoms with E-state index in [-0.39, 0.29) is 11.7 Å². The van der Waals surface area contributed by atoms with Crippen molar-refractivity contribution in [2.75, 3.05) is 50.0 Å². The second-order valence-corrected chi connectivity index (χ2v) is 9.02. The van der Waals surface area contributed by atoms with E-state index >= 15 is 0 Å². The van der Waals surface area contributed by atoms with Gasteiger partial charge in [-0.3, -0.25) is 9.69 Å². The zero-order valence-electron chi connectivity index (χ0n) is 14.4. The molecule has 7 heteroatoms. The average molecular weight is 364 g/mol. The van der Waals surface area contributed by atoms with Crippen molar-refractivity contribution in [1.82, 2.24) is 4.90 Å². The number of hydrogen-bond acceptors (Lipinski definition) is 5. The quantitative estimate of drug-likeness (QED) is 0.801. The summed E-state index contributed by atoms with van der Waals surface area (Å²) in [4.78, 5) is 17.3. The number of aryl methyl sites for hydroxylation is 1. The Balaban J connectivity index is 1.55. The van der Waals surface area contributed by atoms with E-state index in [0.29, 0.717) is 24.3 Å². The first-order valence-corrected chi connectivity index (χ1v) is 10.7. The first-order chi connectivity index (χ1) is 12.1. The van der Waals surface area contributed by atoms with Crippen molar-refractivity contribution < 1.29 is 17.9 Å². The van der Waals surface area contributed by atoms with Crippen LogP contribution in [0.3, 0.4) is 0 Å². The maximum Gasteiger partial charge on any atom is 0.228 e. The number of anilines is 1. The number of rotatable bonds is 3. The Kier molecular flexibility index (Phi) is 4.56. The van der Waals surface area contributed by atoms with Crippen molar-refractivity contribution in [3.63, 3.8) is 0 Å². The summed E-state index contributed by atoms with van der Waals surface area (Å²) in [5, 5.41) is 0. The van der Waals surface area contributed by atoms with Gasteiger partial charge in [-0.25, -0.2) is 8.42 Å². The van der Waals surface area contributed by atoms with Crippen LogP contribution in [0.25, 0.3) is 0 Å². The molecule has 0 saturated carbocycles. The van der Waals surface area contributed by atoms with Crippen LogP contribution >= 0.6 is 0 Å². The smallest absolute Gasteiger partial charge is 0.228 e. The Morgan fingerprint density at radius 2 is 1.92 bits per heavy atom. The summed E-state index contributed by atoms with van der Waals surface area (Å²) in [7, 11) is -3.19. The Morgan fingerprint density at radius 3 is 2.72 bits per heavy atom. The van der Waals surface area contributed by atoms with Crippen LogP contribution in [0.2, 0.25) is 0 Å². The van der Waals surface area contributed by atoms with Crippen LogP contribution in [0, 0.1) is 0 Å². The van der Waals surface area contributed by atoms with Crippen LogP contribution in [0.1, 0.15) is 24.0 Å². The fourth-order valence-electron chi connectivity index (χ4n) is 4.10. The van der Waals surface area contributed by atoms with Gasteiger partial charge >= 0.3 is 0 Å². The SMILES string of the molecule is O=C(CCN1CCOCC1)N1CCCc2c1ccc1c2S(=O)(=O)CC1. The number of morpholine rings is 1. The third-order valence-corrected chi connectivity index (χ3v) is 7.29. The Bertz CT molecular complexity index is 785. The van der Waals surface area contributed by atoms with Crippen LogP contribution in [0.5, 0.6) is 0 Å². The molecule has 1 aromatic carbocycles. The highest BCUT2D eigenvalue weighted by atomic mass is 32.2. The molecule has 0 bridgehead atoms. The van der Waals surface area contributed by atoms with E-state index < -0.39 is 9.84 Å². The molecule has 136 valence electrons. The number of carbonyl (C=O) groups excluding carboxylic acids is 1. The zero-order chi connectivity index (χ0) is 17.4. The molecule has 0 atom stereocenters. The highest BCUT2D eigenvalue weighted by Gasteiger charge is 2.34. The number of sulfone groups is 1. The highest BCUT2D eigenvalue weighted by Crippen LogP contribution is 2.38. The van der Waals surface area contributed by atoms with Gasteiger partial charge in [0.05, 0.1) is 23.9 Å². The second-order valence-electron chi connectivity index (χ2n) is 6.97. The summed E-state index contributed by atoms with van der Waals surface area (Å²) in [6, 6.07) is 3.84. The fourth-order valence-corrected chi connectivity index (χ4v) is 5.94. The molecule has 1 aromatic rings. The van der Waals surface area contributed by atoms with Gasteiger partial charge in [0, 0.05) is 38.3 Å². The monoisotopic (exact) mass is 364 g/mol. The predicted molar refractivity (Wildman–Crippen MR) is 94.7 cm³/mol. The van der Waals surface area contributed by atoms with Crippen molar-refractivity contribution >= 4 is 21.4 Å². The van der Waals surface area contributed by atoms with E-state index in [1.165, 1.54) is 0 Å². The van der Waals surface area contributed by atoms with E-state index in [9.17, 15) is 13.2 Å². The summed E-state index contributed by atoms with van der Waals surface area (Å²) in [5.41, 5.74) is 2.59. The van der Waals surface area contributed by atoms with Gasteiger partial charge in [-0.05, 0) is 36.5 Å². The minimum absolute atomic E-state index is 0.0859. The maximum atomic E-state index is 12.8. The summed E-state index contributed by atoms with van der Waals surface area (Å²) < 4.78 is 30.2. The first kappa shape index (κ1) is 17.0. The lowest BCUT2D eigenvalue weighted by atomic mass is 9.98. The lowest BCUT2D eigenvalue weighted by Gasteiger charge is -2.32. The van der Waals surface area contributed by atoms with Crippen LogP contribution in [-0.4, -0.2) is 64.4 Å². The van der Waals surface area contributed by atoms with Crippen molar-refractivity contribution in [1.29, 1.82) is 0 Å². The van der Waals surface area contributed by atoms with Crippen molar-refractivity contribution in [2.45, 2.75) is 30.6 Å². The molecular formula is C18H24N2O4S. The van der Waals surface area contributed by atoms with Gasteiger partial charge in [0.2, 0.25) is 5.91 Å². The summed E-state index contributed by atoms with van der Waals surface area (Å²) >= 11 is 0. The third kappa shape index (κ3) is 3.20. The Morgan fingerprint density at radius 1 is 1.12 bits per heavy atom. The number of amides is 1. The van der Waals surface area contributed by atoms with Crippen molar-refractivity contribution in [2.24, 2.45) is 0 Å². The Labute approximate surface area is 148 Å². The number of benzene rings is 1. The fraction of sp³-hybridized carbons (Fsp3) is 0.611. The molecule has 0 radical (unpaired) electrons. The predicted octanol–water partition coefficient (Wildman–Crippen LogP) is 1.02. The van der Waals surface area contributed by atoms with Crippen LogP contribution in [-0.2, 0) is 32.2 Å². The van der Waals surface area contributed by atoms with Gasteiger partial charge in [0.1, 0.15) is 0 Å². The van der Waals surface area contributed by atoms with Gasteiger partial charge in [-0.1, -0.05) is 6.07 Å². The number of ether oxygens (including phenoxy) is 1. The molecule has 1 saturated heterocycles. The largest absolute Gasteiger partial charge is 0.379 e. The van der Waals surface area contributed by atoms with E-state index in [1.54, 1.807) is 4.90 Å². The van der Waals surface area contributed by atoms with E-state index in [1.807, 2.05) is 12.1 Å². The summed E-state index contributed by atoms with van der Waals surface area (Å²) in [6.45, 7) is 4.60. The normalized spacial score (nSPS) is 22.5. The molecule has 6 nitrogen and oxygen atoms in total. The minimum Gasteiger partial charge on any atom is -0.379 e. The molecule has 3 heterocycles. The molecule has 0 unspecified atom stereocenters. The van der Waals surface area contributed by atoms with E-state index in [4.69, 9.17) is 4.74 Å². The standard InChI is InChI=1S/C18H24N2O4S/c21-17(5-8-19-9-11-24-12-10-19)20-7-1-2-15-16(20)4-3-14-6-13-25(22,23)18(14)15/h3-4H,1-2,5-13H2. The average Bonchev–Trinajstić information content (AvgIpc) is 2.95. The van der Waals surface area contributed by atoms with Crippen LogP contribution in [0.4, 0.5) is 5.69 Å². The maximum absolute atomic E-state index is 12.8. The van der Waals surface area contributed by atoms with Gasteiger partial charge < -0.3 is 9.64 Å². The molecule has 0 N–H and O–H groups in total. The number of fused-ring (bicyclic) bond motifs is 3. The molecule has 3 aliphatic rings. The topological polar surface area (TPSA) is 66.9 Å². The highest BCUT2D eigenvalue weighted by molar-refractivity contribution is 7.91. The summed E-state index contributed by atoms with van der Waals surface area (Å²) in [6.07, 6.45) is 2.62. The number of carbonyl (C=O) groups is 1. The molecule has 0 spiro atoms. The molecular weight excluding hydrogens is 340 g/mol. The molecule has 1 amide bonds. The zero-order valence-corrected chi connectivity index (χ0v) is 15.2. The molecule has 0 aliphatic carbocycles. The molecule has 0 aromatic heterocycles. The third-order valence-electron chi connectivity index (χ3n) is 5.41. The lowest BCUT2D eigenvalue weighted by Crippen LogP contribution is -2.41. The van der Waals surface area contributed by atoms with Gasteiger partial charge in [0.15, 0.2) is 9.84 Å². The van der Waals surface area contributed by atoms with E-state index in [2.05, 4.69) is 4.90 Å². The van der Waals surface area contributed by atoms with Gasteiger partial charge in [0.25, 0.3) is 0 Å². The molecule has 25 heavy (non-hydrogen) atoms. The van der Waals surface area contributed by atoms with Gasteiger partial charge in [-0.15, -0.1) is 0 Å². The number of nitrogens with zero attached hydrogens (tertiary/aromatic N) is 2. The second kappa shape index (κ2) is 6.70. The lowest BCUT2D eigenvalue weighted by molar-refractivity contribution is -0.119. The van der Waals surface area contributed by atoms with Crippen LogP contribution < -0.4 is 4.90 Å². The molecule has 4 rings (SSSR count). The first-order valence-electron chi connectivity index (χ1n) is 9.04. The molecule has 1 fully saturated rings. The van der Waals surface area contributed by atoms with Crippen molar-refractivity contribution in [3.05, 3.63) is 23.3 Å². The number of hydrogen-bond donors (Lipinski definition) is 0. The van der Waals surface area contributed by atoms with E-state index in [0.717, 1.165) is 62.5 Å². The molecule has 3 aliphatic heterocycles. The minimum atomic E-state index is -3.19. The van der Waals surface area contributed by atoms with Crippen LogP contribution in [0.15, 0.2) is 17.0 Å². The summed E-state index contributed by atoms with van der Waals surface area (Å²) in [5.74, 6) is 0.284.